The van der Waals surface area contributed by atoms with Gasteiger partial charge < -0.3 is 9.88 Å². The number of aromatic amines is 1. The van der Waals surface area contributed by atoms with Crippen LogP contribution in [0.3, 0.4) is 0 Å². The minimum atomic E-state index is -0.0420. The number of hydrogen-bond acceptors (Lipinski definition) is 4. The van der Waals surface area contributed by atoms with E-state index in [2.05, 4.69) is 19.8 Å². The van der Waals surface area contributed by atoms with E-state index < -0.39 is 0 Å². The molecule has 0 spiro atoms. The summed E-state index contributed by atoms with van der Waals surface area (Å²) in [6, 6.07) is 3.85. The highest BCUT2D eigenvalue weighted by atomic mass is 16.2. The van der Waals surface area contributed by atoms with Gasteiger partial charge in [0.05, 0.1) is 17.6 Å². The van der Waals surface area contributed by atoms with Crippen molar-refractivity contribution in [2.45, 2.75) is 45.6 Å². The second-order valence-corrected chi connectivity index (χ2v) is 7.95. The average molecular weight is 368 g/mol. The molecule has 6 nitrogen and oxygen atoms in total. The molecular weight excluding hydrogens is 340 g/mol. The van der Waals surface area contributed by atoms with Gasteiger partial charge in [0, 0.05) is 37.9 Å². The van der Waals surface area contributed by atoms with Crippen molar-refractivity contribution >= 4 is 16.9 Å². The summed E-state index contributed by atoms with van der Waals surface area (Å²) in [7, 11) is 0. The van der Waals surface area contributed by atoms with Gasteiger partial charge in [0.25, 0.3) is 5.56 Å². The summed E-state index contributed by atoms with van der Waals surface area (Å²) >= 11 is 0. The van der Waals surface area contributed by atoms with E-state index in [1.54, 1.807) is 0 Å². The number of carbonyl (C=O) groups is 1. The van der Waals surface area contributed by atoms with E-state index in [0.29, 0.717) is 25.4 Å². The second kappa shape index (κ2) is 7.80. The minimum absolute atomic E-state index is 0.0420. The second-order valence-electron chi connectivity index (χ2n) is 7.95. The predicted molar refractivity (Wildman–Crippen MR) is 106 cm³/mol. The van der Waals surface area contributed by atoms with E-state index in [0.717, 1.165) is 41.8 Å². The zero-order valence-corrected chi connectivity index (χ0v) is 16.0. The number of nitrogens with one attached hydrogen (secondary N) is 1. The molecule has 0 radical (unpaired) electrons. The third-order valence-electron chi connectivity index (χ3n) is 5.96. The summed E-state index contributed by atoms with van der Waals surface area (Å²) in [6.45, 7) is 5.76. The van der Waals surface area contributed by atoms with E-state index in [4.69, 9.17) is 0 Å². The Morgan fingerprint density at radius 1 is 1.19 bits per heavy atom. The van der Waals surface area contributed by atoms with Crippen LogP contribution in [0.1, 0.15) is 43.7 Å². The molecule has 6 heteroatoms. The highest BCUT2D eigenvalue weighted by Crippen LogP contribution is 2.26. The first kappa shape index (κ1) is 18.2. The third-order valence-corrected chi connectivity index (χ3v) is 5.96. The number of hydrogen-bond donors (Lipinski definition) is 1. The van der Waals surface area contributed by atoms with Crippen LogP contribution in [0, 0.1) is 5.92 Å². The van der Waals surface area contributed by atoms with E-state index in [-0.39, 0.29) is 11.5 Å². The van der Waals surface area contributed by atoms with Crippen LogP contribution in [0.25, 0.3) is 11.0 Å². The van der Waals surface area contributed by atoms with Crippen LogP contribution in [0.15, 0.2) is 23.1 Å². The summed E-state index contributed by atoms with van der Waals surface area (Å²) in [5, 5.41) is 0. The van der Waals surface area contributed by atoms with Gasteiger partial charge in [-0.1, -0.05) is 19.8 Å². The van der Waals surface area contributed by atoms with Gasteiger partial charge in [-0.15, -0.1) is 0 Å². The van der Waals surface area contributed by atoms with Gasteiger partial charge in [0.15, 0.2) is 0 Å². The normalized spacial score (nSPS) is 19.3. The number of H-pyrrole nitrogens is 1. The number of aryl methyl sites for hydroxylation is 1. The van der Waals surface area contributed by atoms with Crippen LogP contribution in [0.5, 0.6) is 0 Å². The van der Waals surface area contributed by atoms with E-state index in [1.165, 1.54) is 25.7 Å². The van der Waals surface area contributed by atoms with Gasteiger partial charge in [-0.05, 0) is 42.9 Å². The summed E-state index contributed by atoms with van der Waals surface area (Å²) in [5.74, 6) is 0.943. The highest BCUT2D eigenvalue weighted by molar-refractivity contribution is 5.79. The predicted octanol–water partition coefficient (Wildman–Crippen LogP) is 2.32. The Labute approximate surface area is 159 Å². The van der Waals surface area contributed by atoms with Crippen molar-refractivity contribution in [3.8, 4) is 0 Å². The Morgan fingerprint density at radius 3 is 2.74 bits per heavy atom. The molecule has 1 N–H and O–H groups in total. The lowest BCUT2D eigenvalue weighted by Crippen LogP contribution is -2.51. The minimum Gasteiger partial charge on any atom is -0.340 e. The largest absolute Gasteiger partial charge is 0.340 e. The van der Waals surface area contributed by atoms with Crippen molar-refractivity contribution < 1.29 is 4.79 Å². The number of pyridine rings is 2. The molecule has 1 saturated carbocycles. The molecule has 0 aromatic carbocycles. The fraction of sp³-hybridized carbons (Fsp3) is 0.571. The lowest BCUT2D eigenvalue weighted by atomic mass is 10.1. The molecular formula is C21H28N4O2. The Hall–Kier alpha value is -2.21. The average Bonchev–Trinajstić information content (AvgIpc) is 3.16. The van der Waals surface area contributed by atoms with Crippen LogP contribution < -0.4 is 5.56 Å². The molecule has 27 heavy (non-hydrogen) atoms. The molecule has 2 aromatic heterocycles. The van der Waals surface area contributed by atoms with Crippen molar-refractivity contribution in [3.05, 3.63) is 39.8 Å². The topological polar surface area (TPSA) is 69.3 Å². The number of rotatable bonds is 5. The summed E-state index contributed by atoms with van der Waals surface area (Å²) in [4.78, 5) is 36.2. The Kier molecular flexibility index (Phi) is 5.25. The van der Waals surface area contributed by atoms with Crippen molar-refractivity contribution in [1.29, 1.82) is 0 Å². The molecule has 1 saturated heterocycles. The van der Waals surface area contributed by atoms with E-state index in [9.17, 15) is 9.59 Å². The van der Waals surface area contributed by atoms with Crippen LogP contribution in [0.2, 0.25) is 0 Å². The SMILES string of the molecule is CCc1cc2ncc(CN3CCN(CC4CCCC4)C(=O)C3)cc2[nH]c1=O. The summed E-state index contributed by atoms with van der Waals surface area (Å²) in [5.41, 5.74) is 3.32. The number of amides is 1. The maximum Gasteiger partial charge on any atom is 0.251 e. The van der Waals surface area contributed by atoms with Crippen LogP contribution in [-0.4, -0.2) is 51.9 Å². The van der Waals surface area contributed by atoms with Gasteiger partial charge >= 0.3 is 0 Å². The lowest BCUT2D eigenvalue weighted by Gasteiger charge is -2.35. The first-order valence-electron chi connectivity index (χ1n) is 10.1. The monoisotopic (exact) mass is 368 g/mol. The van der Waals surface area contributed by atoms with Crippen LogP contribution >= 0.6 is 0 Å². The van der Waals surface area contributed by atoms with Crippen LogP contribution in [-0.2, 0) is 17.8 Å². The summed E-state index contributed by atoms with van der Waals surface area (Å²) in [6.07, 6.45) is 7.73. The van der Waals surface area contributed by atoms with Crippen molar-refractivity contribution in [2.24, 2.45) is 5.92 Å². The maximum absolute atomic E-state index is 12.5. The lowest BCUT2D eigenvalue weighted by molar-refractivity contribution is -0.136. The van der Waals surface area contributed by atoms with Gasteiger partial charge in [-0.2, -0.15) is 0 Å². The Balaban J connectivity index is 1.40. The smallest absolute Gasteiger partial charge is 0.251 e. The number of nitrogens with zero attached hydrogens (tertiary/aromatic N) is 3. The zero-order valence-electron chi connectivity index (χ0n) is 16.0. The standard InChI is InChI=1S/C21H28N4O2/c1-2-17-10-18-19(23-21(17)27)9-16(11-22-18)12-24-7-8-25(20(26)14-24)13-15-5-3-4-6-15/h9-11,15H,2-8,12-14H2,1H3,(H,23,27). The summed E-state index contributed by atoms with van der Waals surface area (Å²) < 4.78 is 0. The van der Waals surface area contributed by atoms with Crippen molar-refractivity contribution in [1.82, 2.24) is 19.8 Å². The number of piperazine rings is 1. The molecule has 2 fully saturated rings. The molecule has 0 bridgehead atoms. The Morgan fingerprint density at radius 2 is 2.00 bits per heavy atom. The van der Waals surface area contributed by atoms with Gasteiger partial charge in [0.1, 0.15) is 0 Å². The van der Waals surface area contributed by atoms with E-state index >= 15 is 0 Å². The fourth-order valence-electron chi connectivity index (χ4n) is 4.36. The number of aromatic nitrogens is 2. The first-order valence-corrected chi connectivity index (χ1v) is 10.1. The van der Waals surface area contributed by atoms with E-state index in [1.807, 2.05) is 25.3 Å². The molecule has 4 rings (SSSR count). The van der Waals surface area contributed by atoms with Gasteiger partial charge in [-0.25, -0.2) is 0 Å². The Bertz CT molecular complexity index is 885. The molecule has 144 valence electrons. The molecule has 1 aliphatic carbocycles. The molecule has 0 unspecified atom stereocenters. The van der Waals surface area contributed by atoms with Gasteiger partial charge in [0.2, 0.25) is 5.91 Å². The molecule has 3 heterocycles. The quantitative estimate of drug-likeness (QED) is 0.879. The first-order chi connectivity index (χ1) is 13.1. The fourth-order valence-corrected chi connectivity index (χ4v) is 4.36. The van der Waals surface area contributed by atoms with Crippen molar-refractivity contribution in [2.75, 3.05) is 26.2 Å². The van der Waals surface area contributed by atoms with Crippen molar-refractivity contribution in [3.63, 3.8) is 0 Å². The molecule has 0 atom stereocenters. The number of fused-ring (bicyclic) bond motifs is 1. The molecule has 1 amide bonds. The molecule has 1 aliphatic heterocycles. The van der Waals surface area contributed by atoms with Crippen LogP contribution in [0.4, 0.5) is 0 Å². The zero-order chi connectivity index (χ0) is 18.8. The van der Waals surface area contributed by atoms with Gasteiger partial charge in [-0.3, -0.25) is 19.5 Å². The maximum atomic E-state index is 12.5. The highest BCUT2D eigenvalue weighted by Gasteiger charge is 2.27. The third kappa shape index (κ3) is 4.05. The molecule has 2 aliphatic rings. The number of carbonyl (C=O) groups excluding carboxylic acids is 1. The molecule has 2 aromatic rings.